The van der Waals surface area contributed by atoms with Gasteiger partial charge in [-0.2, -0.15) is 0 Å². The largest absolute Gasteiger partial charge is 1.00 e. The third-order valence-corrected chi connectivity index (χ3v) is 4.05. The van der Waals surface area contributed by atoms with E-state index in [2.05, 4.69) is 6.92 Å². The van der Waals surface area contributed by atoms with Crippen LogP contribution < -0.4 is 34.7 Å². The maximum Gasteiger partial charge on any atom is 1.00 e. The topological polar surface area (TPSA) is 66.4 Å². The van der Waals surface area contributed by atoms with E-state index in [0.717, 1.165) is 12.8 Å². The molecule has 5 heteroatoms. The first-order valence-electron chi connectivity index (χ1n) is 9.71. The van der Waals surface area contributed by atoms with Crippen molar-refractivity contribution in [2.24, 2.45) is 0 Å². The maximum absolute atomic E-state index is 11.1. The van der Waals surface area contributed by atoms with Crippen LogP contribution in [0.15, 0.2) is 12.3 Å². The van der Waals surface area contributed by atoms with E-state index in [-0.39, 0.29) is 42.4 Å². The first kappa shape index (κ1) is 26.9. The molecule has 0 N–H and O–H groups in total. The zero-order valence-electron chi connectivity index (χ0n) is 16.4. The number of allylic oxidation sites excluding steroid dienone is 1. The minimum atomic E-state index is -1.23. The Bertz CT molecular complexity index is 343. The van der Waals surface area contributed by atoms with Crippen molar-refractivity contribution in [2.75, 3.05) is 0 Å². The molecule has 0 aliphatic carbocycles. The second kappa shape index (κ2) is 21.7. The molecule has 140 valence electrons. The quantitative estimate of drug-likeness (QED) is 0.171. The summed E-state index contributed by atoms with van der Waals surface area (Å²) < 4.78 is 4.79. The minimum absolute atomic E-state index is 0. The van der Waals surface area contributed by atoms with Crippen LogP contribution >= 0.6 is 0 Å². The summed E-state index contributed by atoms with van der Waals surface area (Å²) in [6.07, 6.45) is 19.6. The molecule has 0 aromatic heterocycles. The van der Waals surface area contributed by atoms with Gasteiger partial charge in [-0.05, 0) is 25.3 Å². The number of ether oxygens (including phenoxy) is 1. The van der Waals surface area contributed by atoms with Gasteiger partial charge in [0.1, 0.15) is 0 Å². The van der Waals surface area contributed by atoms with Gasteiger partial charge in [0.05, 0.1) is 12.7 Å². The maximum atomic E-state index is 11.1. The molecule has 0 rings (SSSR count). The van der Waals surface area contributed by atoms with E-state index in [1.807, 2.05) is 6.08 Å². The second-order valence-electron chi connectivity index (χ2n) is 6.41. The van der Waals surface area contributed by atoms with Crippen LogP contribution in [-0.2, 0) is 14.3 Å². The van der Waals surface area contributed by atoms with Crippen LogP contribution in [0.1, 0.15) is 103 Å². The standard InChI is InChI=1S/C20H36O4.Na/c1-2-3-4-5-6-7-8-9-10-11-12-13-14-15-18-24-20(23)17-16-19(21)22;/h15,18H,2-14,16-17H2,1H3,(H,21,22);/q;+1/p-1. The third kappa shape index (κ3) is 23.7. The summed E-state index contributed by atoms with van der Waals surface area (Å²) in [6.45, 7) is 2.25. The number of esters is 1. The molecule has 0 heterocycles. The van der Waals surface area contributed by atoms with Crippen LogP contribution in [0.5, 0.6) is 0 Å². The molecule has 0 bridgehead atoms. The summed E-state index contributed by atoms with van der Waals surface area (Å²) in [5, 5.41) is 10.2. The number of carbonyl (C=O) groups excluding carboxylic acids is 2. The Hall–Kier alpha value is -0.320. The zero-order valence-corrected chi connectivity index (χ0v) is 18.4. The fourth-order valence-electron chi connectivity index (χ4n) is 2.56. The number of carbonyl (C=O) groups is 2. The van der Waals surface area contributed by atoms with E-state index in [0.29, 0.717) is 0 Å². The Morgan fingerprint density at radius 2 is 1.28 bits per heavy atom. The van der Waals surface area contributed by atoms with Crippen LogP contribution in [0.4, 0.5) is 0 Å². The van der Waals surface area contributed by atoms with Gasteiger partial charge in [0.25, 0.3) is 0 Å². The predicted molar refractivity (Wildman–Crippen MR) is 95.2 cm³/mol. The number of rotatable bonds is 17. The van der Waals surface area contributed by atoms with Crippen LogP contribution in [-0.4, -0.2) is 11.9 Å². The average molecular weight is 362 g/mol. The number of aliphatic carboxylic acids is 1. The Balaban J connectivity index is 0. The number of hydrogen-bond acceptors (Lipinski definition) is 4. The molecule has 0 atom stereocenters. The third-order valence-electron chi connectivity index (χ3n) is 4.05. The molecule has 0 saturated heterocycles. The van der Waals surface area contributed by atoms with Crippen molar-refractivity contribution in [3.63, 3.8) is 0 Å². The first-order chi connectivity index (χ1) is 11.7. The number of hydrogen-bond donors (Lipinski definition) is 0. The second-order valence-corrected chi connectivity index (χ2v) is 6.41. The molecule has 0 amide bonds. The van der Waals surface area contributed by atoms with E-state index in [1.54, 1.807) is 0 Å². The summed E-state index contributed by atoms with van der Waals surface area (Å²) in [6, 6.07) is 0. The molecule has 0 aliphatic heterocycles. The number of unbranched alkanes of at least 4 members (excludes halogenated alkanes) is 12. The molecule has 0 aromatic rings. The van der Waals surface area contributed by atoms with Crippen molar-refractivity contribution < 1.29 is 49.0 Å². The Kier molecular flexibility index (Phi) is 23.4. The molecular weight excluding hydrogens is 327 g/mol. The van der Waals surface area contributed by atoms with Gasteiger partial charge >= 0.3 is 35.5 Å². The van der Waals surface area contributed by atoms with E-state index < -0.39 is 11.9 Å². The fraction of sp³-hybridized carbons (Fsp3) is 0.800. The van der Waals surface area contributed by atoms with E-state index in [1.165, 1.54) is 76.9 Å². The molecule has 0 spiro atoms. The van der Waals surface area contributed by atoms with Crippen molar-refractivity contribution in [1.82, 2.24) is 0 Å². The van der Waals surface area contributed by atoms with Crippen LogP contribution in [0.25, 0.3) is 0 Å². The SMILES string of the molecule is CCCCCCCCCCCCCCC=COC(=O)CCC(=O)[O-].[Na+]. The van der Waals surface area contributed by atoms with Gasteiger partial charge < -0.3 is 14.6 Å². The van der Waals surface area contributed by atoms with E-state index >= 15 is 0 Å². The molecule has 0 unspecified atom stereocenters. The number of carboxylic acid groups (broad SMARTS) is 1. The normalized spacial score (nSPS) is 10.6. The van der Waals surface area contributed by atoms with Gasteiger partial charge in [0, 0.05) is 5.97 Å². The van der Waals surface area contributed by atoms with E-state index in [4.69, 9.17) is 4.74 Å². The number of carboxylic acids is 1. The summed E-state index contributed by atoms with van der Waals surface area (Å²) in [5.41, 5.74) is 0. The fourth-order valence-corrected chi connectivity index (χ4v) is 2.56. The predicted octanol–water partition coefficient (Wildman–Crippen LogP) is 1.67. The minimum Gasteiger partial charge on any atom is -0.550 e. The van der Waals surface area contributed by atoms with Crippen molar-refractivity contribution in [3.05, 3.63) is 12.3 Å². The first-order valence-corrected chi connectivity index (χ1v) is 9.71. The van der Waals surface area contributed by atoms with Gasteiger partial charge in [-0.3, -0.25) is 4.79 Å². The molecule has 25 heavy (non-hydrogen) atoms. The van der Waals surface area contributed by atoms with E-state index in [9.17, 15) is 14.7 Å². The van der Waals surface area contributed by atoms with Crippen molar-refractivity contribution >= 4 is 11.9 Å². The summed E-state index contributed by atoms with van der Waals surface area (Å²) >= 11 is 0. The monoisotopic (exact) mass is 362 g/mol. The average Bonchev–Trinajstić information content (AvgIpc) is 2.56. The smallest absolute Gasteiger partial charge is 0.550 e. The molecule has 0 saturated carbocycles. The van der Waals surface area contributed by atoms with Crippen LogP contribution in [0, 0.1) is 0 Å². The van der Waals surface area contributed by atoms with Crippen LogP contribution in [0.2, 0.25) is 0 Å². The Morgan fingerprint density at radius 1 is 0.800 bits per heavy atom. The van der Waals surface area contributed by atoms with Crippen molar-refractivity contribution in [1.29, 1.82) is 0 Å². The summed E-state index contributed by atoms with van der Waals surface area (Å²) in [7, 11) is 0. The Labute approximate surface area is 176 Å². The van der Waals surface area contributed by atoms with Gasteiger partial charge in [0.15, 0.2) is 0 Å². The van der Waals surface area contributed by atoms with Gasteiger partial charge in [-0.15, -0.1) is 0 Å². The summed E-state index contributed by atoms with van der Waals surface area (Å²) in [5.74, 6) is -1.75. The molecule has 0 aromatic carbocycles. The molecule has 0 fully saturated rings. The van der Waals surface area contributed by atoms with Gasteiger partial charge in [0.2, 0.25) is 0 Å². The van der Waals surface area contributed by atoms with Crippen LogP contribution in [0.3, 0.4) is 0 Å². The molecular formula is C20H35NaO4. The molecule has 4 nitrogen and oxygen atoms in total. The van der Waals surface area contributed by atoms with Gasteiger partial charge in [-0.25, -0.2) is 0 Å². The molecule has 0 aliphatic rings. The Morgan fingerprint density at radius 3 is 1.76 bits per heavy atom. The zero-order chi connectivity index (χ0) is 17.9. The van der Waals surface area contributed by atoms with Crippen molar-refractivity contribution in [2.45, 2.75) is 103 Å². The van der Waals surface area contributed by atoms with Crippen molar-refractivity contribution in [3.8, 4) is 0 Å². The van der Waals surface area contributed by atoms with Gasteiger partial charge in [-0.1, -0.05) is 77.6 Å². The molecule has 0 radical (unpaired) electrons. The summed E-state index contributed by atoms with van der Waals surface area (Å²) in [4.78, 5) is 21.3.